The van der Waals surface area contributed by atoms with Crippen molar-refractivity contribution in [1.29, 1.82) is 0 Å². The highest BCUT2D eigenvalue weighted by Crippen LogP contribution is 2.35. The fraction of sp³-hybridized carbons (Fsp3) is 0.130. The predicted molar refractivity (Wildman–Crippen MR) is 111 cm³/mol. The van der Waals surface area contributed by atoms with Gasteiger partial charge in [-0.2, -0.15) is 0 Å². The van der Waals surface area contributed by atoms with Crippen LogP contribution in [0, 0.1) is 0 Å². The fourth-order valence-electron chi connectivity index (χ4n) is 3.47. The van der Waals surface area contributed by atoms with Crippen LogP contribution in [0.3, 0.4) is 0 Å². The lowest BCUT2D eigenvalue weighted by Gasteiger charge is -2.11. The number of carbonyl (C=O) groups excluding carboxylic acids is 1. The zero-order valence-electron chi connectivity index (χ0n) is 16.0. The van der Waals surface area contributed by atoms with Crippen LogP contribution >= 0.6 is 0 Å². The highest BCUT2D eigenvalue weighted by Gasteiger charge is 2.14. The highest BCUT2D eigenvalue weighted by atomic mass is 16.5. The Morgan fingerprint density at radius 2 is 1.75 bits per heavy atom. The number of aryl methyl sites for hydroxylation is 1. The second-order valence-corrected chi connectivity index (χ2v) is 6.42. The van der Waals surface area contributed by atoms with E-state index in [0.29, 0.717) is 5.82 Å². The molecule has 140 valence electrons. The molecule has 0 aliphatic carbocycles. The number of ether oxygens (including phenoxy) is 2. The number of hydrogen-bond donors (Lipinski definition) is 0. The summed E-state index contributed by atoms with van der Waals surface area (Å²) in [7, 11) is 5.12. The number of rotatable bonds is 5. The first-order valence-corrected chi connectivity index (χ1v) is 8.91. The Morgan fingerprint density at radius 3 is 2.50 bits per heavy atom. The molecular formula is C23H20N2O3. The molecule has 4 rings (SSSR count). The van der Waals surface area contributed by atoms with Crippen molar-refractivity contribution in [3.63, 3.8) is 0 Å². The molecule has 0 aliphatic rings. The third-order valence-electron chi connectivity index (χ3n) is 4.86. The van der Waals surface area contributed by atoms with E-state index in [0.717, 1.165) is 38.9 Å². The van der Waals surface area contributed by atoms with E-state index in [1.807, 2.05) is 66.2 Å². The number of nitrogens with zero attached hydrogens (tertiary/aromatic N) is 2. The van der Waals surface area contributed by atoms with Gasteiger partial charge in [0, 0.05) is 17.8 Å². The minimum absolute atomic E-state index is 0.155. The Kier molecular flexibility index (Phi) is 4.57. The molecule has 3 aromatic carbocycles. The quantitative estimate of drug-likeness (QED) is 0.378. The van der Waals surface area contributed by atoms with Gasteiger partial charge >= 0.3 is 0 Å². The molecule has 0 saturated carbocycles. The van der Waals surface area contributed by atoms with Gasteiger partial charge in [-0.3, -0.25) is 4.79 Å². The van der Waals surface area contributed by atoms with Gasteiger partial charge in [0.2, 0.25) is 5.78 Å². The Morgan fingerprint density at radius 1 is 0.964 bits per heavy atom. The molecule has 28 heavy (non-hydrogen) atoms. The number of methoxy groups -OCH3 is 2. The van der Waals surface area contributed by atoms with Crippen molar-refractivity contribution < 1.29 is 14.3 Å². The van der Waals surface area contributed by atoms with E-state index in [-0.39, 0.29) is 5.78 Å². The summed E-state index contributed by atoms with van der Waals surface area (Å²) in [4.78, 5) is 17.3. The number of ketones is 1. The Balaban J connectivity index is 1.78. The van der Waals surface area contributed by atoms with E-state index >= 15 is 0 Å². The van der Waals surface area contributed by atoms with Crippen LogP contribution in [0.15, 0.2) is 60.7 Å². The van der Waals surface area contributed by atoms with Crippen molar-refractivity contribution in [3.05, 3.63) is 72.1 Å². The van der Waals surface area contributed by atoms with Gasteiger partial charge in [-0.25, -0.2) is 4.98 Å². The molecule has 0 amide bonds. The average Bonchev–Trinajstić information content (AvgIpc) is 3.08. The summed E-state index contributed by atoms with van der Waals surface area (Å²) in [5.41, 5.74) is 2.61. The van der Waals surface area contributed by atoms with Gasteiger partial charge in [-0.05, 0) is 35.9 Å². The summed E-state index contributed by atoms with van der Waals surface area (Å²) in [6.45, 7) is 0. The monoisotopic (exact) mass is 372 g/mol. The first-order valence-electron chi connectivity index (χ1n) is 8.91. The lowest BCUT2D eigenvalue weighted by Crippen LogP contribution is -2.04. The second-order valence-electron chi connectivity index (χ2n) is 6.42. The van der Waals surface area contributed by atoms with Crippen LogP contribution in [-0.4, -0.2) is 29.6 Å². The minimum Gasteiger partial charge on any atom is -0.496 e. The van der Waals surface area contributed by atoms with Crippen molar-refractivity contribution in [1.82, 2.24) is 9.55 Å². The molecular weight excluding hydrogens is 352 g/mol. The van der Waals surface area contributed by atoms with Crippen LogP contribution < -0.4 is 9.47 Å². The lowest BCUT2D eigenvalue weighted by molar-refractivity contribution is 0.103. The maximum absolute atomic E-state index is 12.8. The van der Waals surface area contributed by atoms with Crippen molar-refractivity contribution in [2.24, 2.45) is 7.05 Å². The van der Waals surface area contributed by atoms with Crippen LogP contribution in [0.4, 0.5) is 0 Å². The molecule has 0 atom stereocenters. The fourth-order valence-corrected chi connectivity index (χ4v) is 3.47. The summed E-state index contributed by atoms with van der Waals surface area (Å²) in [6, 6.07) is 17.3. The van der Waals surface area contributed by atoms with Gasteiger partial charge in [0.15, 0.2) is 5.82 Å². The average molecular weight is 372 g/mol. The van der Waals surface area contributed by atoms with Crippen LogP contribution in [0.1, 0.15) is 16.2 Å². The van der Waals surface area contributed by atoms with Gasteiger partial charge in [0.1, 0.15) is 11.5 Å². The minimum atomic E-state index is -0.155. The largest absolute Gasteiger partial charge is 0.496 e. The number of carbonyl (C=O) groups is 1. The van der Waals surface area contributed by atoms with Gasteiger partial charge < -0.3 is 14.0 Å². The molecule has 0 saturated heterocycles. The molecule has 0 unspecified atom stereocenters. The van der Waals surface area contributed by atoms with E-state index in [4.69, 9.17) is 9.47 Å². The Hall–Kier alpha value is -3.60. The number of hydrogen-bond acceptors (Lipinski definition) is 4. The number of fused-ring (bicyclic) bond motifs is 2. The maximum atomic E-state index is 12.8. The summed E-state index contributed by atoms with van der Waals surface area (Å²) in [6.07, 6.45) is 3.35. The zero-order chi connectivity index (χ0) is 19.7. The number of aromatic nitrogens is 2. The van der Waals surface area contributed by atoms with E-state index in [1.54, 1.807) is 26.4 Å². The van der Waals surface area contributed by atoms with Crippen molar-refractivity contribution in [3.8, 4) is 11.5 Å². The Bertz CT molecular complexity index is 1220. The first kappa shape index (κ1) is 17.8. The number of benzene rings is 3. The Labute approximate surface area is 162 Å². The summed E-state index contributed by atoms with van der Waals surface area (Å²) in [5.74, 6) is 1.73. The summed E-state index contributed by atoms with van der Waals surface area (Å²) < 4.78 is 12.8. The third kappa shape index (κ3) is 2.91. The molecule has 0 radical (unpaired) electrons. The lowest BCUT2D eigenvalue weighted by atomic mass is 10.0. The molecule has 0 N–H and O–H groups in total. The van der Waals surface area contributed by atoms with Gasteiger partial charge in [-0.1, -0.05) is 36.4 Å². The zero-order valence-corrected chi connectivity index (χ0v) is 16.0. The topological polar surface area (TPSA) is 53.3 Å². The number of imidazole rings is 1. The molecule has 0 aliphatic heterocycles. The number of para-hydroxylation sites is 2. The van der Waals surface area contributed by atoms with E-state index in [9.17, 15) is 4.79 Å². The molecule has 1 aromatic heterocycles. The molecule has 1 heterocycles. The van der Waals surface area contributed by atoms with E-state index < -0.39 is 0 Å². The number of allylic oxidation sites excluding steroid dienone is 1. The van der Waals surface area contributed by atoms with Gasteiger partial charge in [0.05, 0.1) is 25.3 Å². The second kappa shape index (κ2) is 7.19. The SMILES string of the molecule is COc1ccc(C=CC(=O)c2nc3ccccc3n2C)c2c(OC)cccc12. The highest BCUT2D eigenvalue weighted by molar-refractivity contribution is 6.08. The maximum Gasteiger partial charge on any atom is 0.221 e. The van der Waals surface area contributed by atoms with Crippen molar-refractivity contribution >= 4 is 33.7 Å². The van der Waals surface area contributed by atoms with Crippen LogP contribution in [0.2, 0.25) is 0 Å². The van der Waals surface area contributed by atoms with Crippen molar-refractivity contribution in [2.45, 2.75) is 0 Å². The van der Waals surface area contributed by atoms with Crippen LogP contribution in [0.25, 0.3) is 27.9 Å². The van der Waals surface area contributed by atoms with E-state index in [2.05, 4.69) is 4.98 Å². The van der Waals surface area contributed by atoms with Crippen LogP contribution in [0.5, 0.6) is 11.5 Å². The first-order chi connectivity index (χ1) is 13.6. The summed E-state index contributed by atoms with van der Waals surface area (Å²) in [5, 5.41) is 1.83. The molecule has 4 aromatic rings. The summed E-state index contributed by atoms with van der Waals surface area (Å²) >= 11 is 0. The molecule has 0 fully saturated rings. The van der Waals surface area contributed by atoms with Gasteiger partial charge in [0.25, 0.3) is 0 Å². The standard InChI is InChI=1S/C23H20N2O3/c1-25-18-9-5-4-8-17(18)24-23(25)19(26)13-11-15-12-14-20(27-2)16-7-6-10-21(28-3)22(15)16/h4-14H,1-3H3. The van der Waals surface area contributed by atoms with Gasteiger partial charge in [-0.15, -0.1) is 0 Å². The molecule has 0 spiro atoms. The molecule has 0 bridgehead atoms. The van der Waals surface area contributed by atoms with E-state index in [1.165, 1.54) is 0 Å². The smallest absolute Gasteiger partial charge is 0.221 e. The molecule has 5 heteroatoms. The third-order valence-corrected chi connectivity index (χ3v) is 4.86. The predicted octanol–water partition coefficient (Wildman–Crippen LogP) is 4.64. The van der Waals surface area contributed by atoms with Crippen LogP contribution in [-0.2, 0) is 7.05 Å². The van der Waals surface area contributed by atoms with Crippen molar-refractivity contribution in [2.75, 3.05) is 14.2 Å². The molecule has 5 nitrogen and oxygen atoms in total. The normalized spacial score (nSPS) is 11.4.